The van der Waals surface area contributed by atoms with Gasteiger partial charge in [0.15, 0.2) is 5.82 Å². The molecule has 1 heterocycles. The Labute approximate surface area is 194 Å². The average Bonchev–Trinajstić information content (AvgIpc) is 2.79. The minimum atomic E-state index is -0.665. The maximum atomic E-state index is 14.0. The molecule has 1 saturated carbocycles. The fourth-order valence-electron chi connectivity index (χ4n) is 4.71. The quantitative estimate of drug-likeness (QED) is 0.659. The first-order valence-corrected chi connectivity index (χ1v) is 11.9. The van der Waals surface area contributed by atoms with E-state index in [4.69, 9.17) is 21.6 Å². The molecule has 2 aromatic rings. The average molecular weight is 460 g/mol. The van der Waals surface area contributed by atoms with Crippen molar-refractivity contribution in [2.24, 2.45) is 5.92 Å². The molecule has 8 heteroatoms. The van der Waals surface area contributed by atoms with E-state index in [1.807, 2.05) is 14.1 Å². The van der Waals surface area contributed by atoms with Crippen LogP contribution in [-0.2, 0) is 12.8 Å². The van der Waals surface area contributed by atoms with Gasteiger partial charge in [0.05, 0.1) is 16.3 Å². The standard InChI is InChI=1S/C24H31ClFN5O/c1-31(2)22-17-6-3-4-9-20(17)29-24(30-22)28-16-12-10-15(11-13-16)14-27-23(32)18-7-5-8-19(25)21(18)26/h5,7-8,15-16H,3-4,6,9-14H2,1-2H3,(H,27,32)(H,28,29,30). The Morgan fingerprint density at radius 3 is 2.66 bits per heavy atom. The second kappa shape index (κ2) is 10.0. The molecule has 32 heavy (non-hydrogen) atoms. The number of halogens is 2. The Balaban J connectivity index is 1.30. The Morgan fingerprint density at radius 2 is 1.91 bits per heavy atom. The van der Waals surface area contributed by atoms with Crippen molar-refractivity contribution >= 4 is 29.3 Å². The van der Waals surface area contributed by atoms with Gasteiger partial charge in [-0.15, -0.1) is 0 Å². The number of benzene rings is 1. The number of aromatic nitrogens is 2. The Kier molecular flexibility index (Phi) is 7.13. The SMILES string of the molecule is CN(C)c1nc(NC2CCC(CNC(=O)c3cccc(Cl)c3F)CC2)nc2c1CCCC2. The number of aryl methyl sites for hydroxylation is 1. The van der Waals surface area contributed by atoms with Crippen LogP contribution in [0.25, 0.3) is 0 Å². The molecule has 2 aliphatic carbocycles. The number of carbonyl (C=O) groups is 1. The summed E-state index contributed by atoms with van der Waals surface area (Å²) in [6.07, 6.45) is 8.42. The minimum absolute atomic E-state index is 0.00546. The highest BCUT2D eigenvalue weighted by Crippen LogP contribution is 2.30. The molecule has 0 unspecified atom stereocenters. The summed E-state index contributed by atoms with van der Waals surface area (Å²) in [6, 6.07) is 4.80. The van der Waals surface area contributed by atoms with Crippen LogP contribution in [0.2, 0.25) is 5.02 Å². The second-order valence-electron chi connectivity index (χ2n) is 9.07. The van der Waals surface area contributed by atoms with E-state index in [-0.39, 0.29) is 10.6 Å². The van der Waals surface area contributed by atoms with Gasteiger partial charge in [0.1, 0.15) is 5.82 Å². The fourth-order valence-corrected chi connectivity index (χ4v) is 4.89. The molecule has 1 fully saturated rings. The maximum absolute atomic E-state index is 14.0. The number of hydrogen-bond donors (Lipinski definition) is 2. The van der Waals surface area contributed by atoms with Crippen LogP contribution in [0.15, 0.2) is 18.2 Å². The number of carbonyl (C=O) groups excluding carboxylic acids is 1. The van der Waals surface area contributed by atoms with Crippen LogP contribution in [0, 0.1) is 11.7 Å². The Hall–Kier alpha value is -2.41. The molecule has 1 amide bonds. The molecule has 1 aromatic heterocycles. The maximum Gasteiger partial charge on any atom is 0.254 e. The van der Waals surface area contributed by atoms with Gasteiger partial charge in [-0.2, -0.15) is 4.98 Å². The van der Waals surface area contributed by atoms with E-state index in [1.54, 1.807) is 6.07 Å². The Bertz CT molecular complexity index is 975. The Morgan fingerprint density at radius 1 is 1.16 bits per heavy atom. The number of fused-ring (bicyclic) bond motifs is 1. The first kappa shape index (κ1) is 22.8. The lowest BCUT2D eigenvalue weighted by atomic mass is 9.86. The van der Waals surface area contributed by atoms with Crippen LogP contribution >= 0.6 is 11.6 Å². The van der Waals surface area contributed by atoms with Crippen molar-refractivity contribution in [2.45, 2.75) is 57.4 Å². The molecule has 0 radical (unpaired) electrons. The molecule has 0 saturated heterocycles. The smallest absolute Gasteiger partial charge is 0.254 e. The van der Waals surface area contributed by atoms with Crippen molar-refractivity contribution < 1.29 is 9.18 Å². The molecular formula is C24H31ClFN5O. The van der Waals surface area contributed by atoms with Gasteiger partial charge in [0.2, 0.25) is 5.95 Å². The summed E-state index contributed by atoms with van der Waals surface area (Å²) in [4.78, 5) is 24.0. The second-order valence-corrected chi connectivity index (χ2v) is 9.48. The molecule has 172 valence electrons. The predicted octanol–water partition coefficient (Wildman–Crippen LogP) is 4.61. The van der Waals surface area contributed by atoms with Crippen LogP contribution in [0.3, 0.4) is 0 Å². The molecule has 6 nitrogen and oxygen atoms in total. The van der Waals surface area contributed by atoms with Crippen molar-refractivity contribution in [2.75, 3.05) is 30.9 Å². The lowest BCUT2D eigenvalue weighted by molar-refractivity contribution is 0.0939. The molecule has 4 rings (SSSR count). The van der Waals surface area contributed by atoms with E-state index in [2.05, 4.69) is 15.5 Å². The number of anilines is 2. The molecule has 0 spiro atoms. The van der Waals surface area contributed by atoms with Crippen LogP contribution in [0.1, 0.15) is 60.1 Å². The zero-order chi connectivity index (χ0) is 22.7. The van der Waals surface area contributed by atoms with E-state index < -0.39 is 11.7 Å². The van der Waals surface area contributed by atoms with Gasteiger partial charge in [0, 0.05) is 32.2 Å². The zero-order valence-corrected chi connectivity index (χ0v) is 19.5. The summed E-state index contributed by atoms with van der Waals surface area (Å²) in [5.74, 6) is 1.05. The largest absolute Gasteiger partial charge is 0.362 e. The third-order valence-corrected chi connectivity index (χ3v) is 6.80. The summed E-state index contributed by atoms with van der Waals surface area (Å²) in [5.41, 5.74) is 2.47. The van der Waals surface area contributed by atoms with E-state index >= 15 is 0 Å². The van der Waals surface area contributed by atoms with Crippen molar-refractivity contribution in [1.29, 1.82) is 0 Å². The van der Waals surface area contributed by atoms with Gasteiger partial charge in [-0.1, -0.05) is 17.7 Å². The number of nitrogens with one attached hydrogen (secondary N) is 2. The monoisotopic (exact) mass is 459 g/mol. The molecule has 2 N–H and O–H groups in total. The van der Waals surface area contributed by atoms with Crippen LogP contribution in [0.4, 0.5) is 16.2 Å². The van der Waals surface area contributed by atoms with Gasteiger partial charge in [0.25, 0.3) is 5.91 Å². The molecular weight excluding hydrogens is 429 g/mol. The highest BCUT2D eigenvalue weighted by atomic mass is 35.5. The first-order chi connectivity index (χ1) is 15.4. The number of hydrogen-bond acceptors (Lipinski definition) is 5. The lowest BCUT2D eigenvalue weighted by Gasteiger charge is -2.30. The molecule has 2 aliphatic rings. The normalized spacial score (nSPS) is 20.4. The van der Waals surface area contributed by atoms with Crippen molar-refractivity contribution in [1.82, 2.24) is 15.3 Å². The number of nitrogens with zero attached hydrogens (tertiary/aromatic N) is 3. The van der Waals surface area contributed by atoms with Crippen molar-refractivity contribution in [3.05, 3.63) is 45.9 Å². The van der Waals surface area contributed by atoms with E-state index in [0.29, 0.717) is 18.5 Å². The van der Waals surface area contributed by atoms with Gasteiger partial charge in [-0.05, 0) is 69.4 Å². The molecule has 0 aliphatic heterocycles. The first-order valence-electron chi connectivity index (χ1n) is 11.5. The van der Waals surface area contributed by atoms with Gasteiger partial charge in [-0.25, -0.2) is 9.37 Å². The van der Waals surface area contributed by atoms with E-state index in [9.17, 15) is 9.18 Å². The van der Waals surface area contributed by atoms with E-state index in [0.717, 1.165) is 50.3 Å². The third kappa shape index (κ3) is 5.14. The molecule has 0 bridgehead atoms. The summed E-state index contributed by atoms with van der Waals surface area (Å²) >= 11 is 5.78. The summed E-state index contributed by atoms with van der Waals surface area (Å²) in [6.45, 7) is 0.539. The third-order valence-electron chi connectivity index (χ3n) is 6.51. The summed E-state index contributed by atoms with van der Waals surface area (Å²) in [7, 11) is 4.07. The highest BCUT2D eigenvalue weighted by Gasteiger charge is 2.25. The summed E-state index contributed by atoms with van der Waals surface area (Å²) < 4.78 is 14.0. The fraction of sp³-hybridized carbons (Fsp3) is 0.542. The summed E-state index contributed by atoms with van der Waals surface area (Å²) in [5, 5.41) is 6.38. The highest BCUT2D eigenvalue weighted by molar-refractivity contribution is 6.31. The number of amides is 1. The topological polar surface area (TPSA) is 70.2 Å². The van der Waals surface area contributed by atoms with Crippen LogP contribution in [0.5, 0.6) is 0 Å². The molecule has 1 aromatic carbocycles. The van der Waals surface area contributed by atoms with Crippen LogP contribution < -0.4 is 15.5 Å². The van der Waals surface area contributed by atoms with Gasteiger partial charge < -0.3 is 15.5 Å². The lowest BCUT2D eigenvalue weighted by Crippen LogP contribution is -2.34. The van der Waals surface area contributed by atoms with Crippen molar-refractivity contribution in [3.63, 3.8) is 0 Å². The van der Waals surface area contributed by atoms with Gasteiger partial charge in [-0.3, -0.25) is 4.79 Å². The van der Waals surface area contributed by atoms with Crippen molar-refractivity contribution in [3.8, 4) is 0 Å². The predicted molar refractivity (Wildman–Crippen MR) is 126 cm³/mol. The molecule has 0 atom stereocenters. The minimum Gasteiger partial charge on any atom is -0.362 e. The number of rotatable bonds is 6. The van der Waals surface area contributed by atoms with Gasteiger partial charge >= 0.3 is 0 Å². The zero-order valence-electron chi connectivity index (χ0n) is 18.8. The van der Waals surface area contributed by atoms with Crippen LogP contribution in [-0.4, -0.2) is 42.6 Å². The van der Waals surface area contributed by atoms with E-state index in [1.165, 1.54) is 36.2 Å².